The lowest BCUT2D eigenvalue weighted by Gasteiger charge is -2.19. The third-order valence-corrected chi connectivity index (χ3v) is 3.88. The summed E-state index contributed by atoms with van der Waals surface area (Å²) in [7, 11) is 2.01. The molecule has 0 heterocycles. The number of hydrogen-bond donors (Lipinski definition) is 0. The van der Waals surface area contributed by atoms with Crippen molar-refractivity contribution >= 4 is 23.1 Å². The second-order valence-corrected chi connectivity index (χ2v) is 5.56. The maximum atomic E-state index is 12.1. The summed E-state index contributed by atoms with van der Waals surface area (Å²) in [5.41, 5.74) is 3.18. The number of aryl methyl sites for hydroxylation is 1. The van der Waals surface area contributed by atoms with E-state index in [4.69, 9.17) is 11.6 Å². The van der Waals surface area contributed by atoms with Gasteiger partial charge in [0.05, 0.1) is 0 Å². The molecule has 2 aromatic carbocycles. The molecule has 3 heteroatoms. The summed E-state index contributed by atoms with van der Waals surface area (Å²) in [5.74, 6) is 0.142. The molecule has 0 fully saturated rings. The minimum Gasteiger partial charge on any atom is -0.374 e. The molecule has 0 bridgehead atoms. The van der Waals surface area contributed by atoms with Crippen LogP contribution in [0.5, 0.6) is 0 Å². The van der Waals surface area contributed by atoms with Crippen molar-refractivity contribution < 1.29 is 4.79 Å². The van der Waals surface area contributed by atoms with Gasteiger partial charge in [0.2, 0.25) is 0 Å². The molecule has 0 aromatic heterocycles. The van der Waals surface area contributed by atoms with Crippen LogP contribution in [-0.2, 0) is 6.42 Å². The second kappa shape index (κ2) is 7.28. The highest BCUT2D eigenvalue weighted by molar-refractivity contribution is 6.30. The maximum Gasteiger partial charge on any atom is 0.164 e. The third kappa shape index (κ3) is 4.33. The first-order valence-electron chi connectivity index (χ1n) is 7.19. The fraction of sp³-hybridized carbons (Fsp3) is 0.278. The molecule has 110 valence electrons. The standard InChI is InChI=1S/C18H20ClNO/c1-3-14-4-10-17(11-5-14)20(2)13-12-18(21)15-6-8-16(19)9-7-15/h4-11H,3,12-13H2,1-2H3. The Morgan fingerprint density at radius 1 is 1.05 bits per heavy atom. The van der Waals surface area contributed by atoms with E-state index in [1.165, 1.54) is 5.56 Å². The quantitative estimate of drug-likeness (QED) is 0.726. The molecule has 0 unspecified atom stereocenters. The summed E-state index contributed by atoms with van der Waals surface area (Å²) in [6.07, 6.45) is 1.53. The van der Waals surface area contributed by atoms with E-state index in [-0.39, 0.29) is 5.78 Å². The number of benzene rings is 2. The first-order chi connectivity index (χ1) is 10.1. The molecule has 0 radical (unpaired) electrons. The molecule has 21 heavy (non-hydrogen) atoms. The Morgan fingerprint density at radius 3 is 2.24 bits per heavy atom. The summed E-state index contributed by atoms with van der Waals surface area (Å²) in [5, 5.41) is 0.652. The van der Waals surface area contributed by atoms with Crippen LogP contribution in [0, 0.1) is 0 Å². The first kappa shape index (κ1) is 15.6. The predicted molar refractivity (Wildman–Crippen MR) is 89.5 cm³/mol. The van der Waals surface area contributed by atoms with Crippen LogP contribution in [0.2, 0.25) is 5.02 Å². The van der Waals surface area contributed by atoms with Crippen molar-refractivity contribution in [2.45, 2.75) is 19.8 Å². The molecule has 0 N–H and O–H groups in total. The normalized spacial score (nSPS) is 10.4. The zero-order chi connectivity index (χ0) is 15.2. The Hall–Kier alpha value is -1.80. The van der Waals surface area contributed by atoms with E-state index < -0.39 is 0 Å². The van der Waals surface area contributed by atoms with Crippen LogP contribution in [0.3, 0.4) is 0 Å². The smallest absolute Gasteiger partial charge is 0.164 e. The highest BCUT2D eigenvalue weighted by Gasteiger charge is 2.08. The van der Waals surface area contributed by atoms with Crippen LogP contribution < -0.4 is 4.90 Å². The van der Waals surface area contributed by atoms with Crippen LogP contribution in [0.1, 0.15) is 29.3 Å². The summed E-state index contributed by atoms with van der Waals surface area (Å²) in [4.78, 5) is 14.2. The van der Waals surface area contributed by atoms with Crippen molar-refractivity contribution in [3.63, 3.8) is 0 Å². The van der Waals surface area contributed by atoms with Crippen LogP contribution >= 0.6 is 11.6 Å². The van der Waals surface area contributed by atoms with Crippen LogP contribution in [0.15, 0.2) is 48.5 Å². The fourth-order valence-corrected chi connectivity index (χ4v) is 2.29. The number of anilines is 1. The van der Waals surface area contributed by atoms with E-state index >= 15 is 0 Å². The van der Waals surface area contributed by atoms with Crippen LogP contribution in [-0.4, -0.2) is 19.4 Å². The van der Waals surface area contributed by atoms with Crippen molar-refractivity contribution in [2.75, 3.05) is 18.5 Å². The minimum atomic E-state index is 0.142. The molecule has 2 rings (SSSR count). The van der Waals surface area contributed by atoms with Gasteiger partial charge in [0, 0.05) is 36.3 Å². The number of ketones is 1. The lowest BCUT2D eigenvalue weighted by Crippen LogP contribution is -2.21. The summed E-state index contributed by atoms with van der Waals surface area (Å²) < 4.78 is 0. The van der Waals surface area contributed by atoms with E-state index in [9.17, 15) is 4.79 Å². The summed E-state index contributed by atoms with van der Waals surface area (Å²) in [6, 6.07) is 15.5. The Kier molecular flexibility index (Phi) is 5.40. The predicted octanol–water partition coefficient (Wildman–Crippen LogP) is 4.61. The SMILES string of the molecule is CCc1ccc(N(C)CCC(=O)c2ccc(Cl)cc2)cc1. The van der Waals surface area contributed by atoms with Crippen LogP contribution in [0.4, 0.5) is 5.69 Å². The van der Waals surface area contributed by atoms with Crippen molar-refractivity contribution in [1.29, 1.82) is 0 Å². The Labute approximate surface area is 131 Å². The summed E-state index contributed by atoms with van der Waals surface area (Å²) >= 11 is 5.83. The molecule has 2 nitrogen and oxygen atoms in total. The van der Waals surface area contributed by atoms with Crippen molar-refractivity contribution in [3.8, 4) is 0 Å². The monoisotopic (exact) mass is 301 g/mol. The molecular weight excluding hydrogens is 282 g/mol. The van der Waals surface area contributed by atoms with E-state index in [1.54, 1.807) is 24.3 Å². The second-order valence-electron chi connectivity index (χ2n) is 5.12. The van der Waals surface area contributed by atoms with Gasteiger partial charge < -0.3 is 4.90 Å². The number of carbonyl (C=O) groups excluding carboxylic acids is 1. The highest BCUT2D eigenvalue weighted by atomic mass is 35.5. The molecule has 0 saturated heterocycles. The number of carbonyl (C=O) groups is 1. The van der Waals surface area contributed by atoms with E-state index in [0.29, 0.717) is 23.6 Å². The molecule has 0 aliphatic rings. The van der Waals surface area contributed by atoms with E-state index in [2.05, 4.69) is 36.1 Å². The van der Waals surface area contributed by atoms with Gasteiger partial charge in [-0.25, -0.2) is 0 Å². The topological polar surface area (TPSA) is 20.3 Å². The molecule has 0 aliphatic carbocycles. The molecule has 0 amide bonds. The van der Waals surface area contributed by atoms with Gasteiger partial charge in [0.15, 0.2) is 5.78 Å². The fourth-order valence-electron chi connectivity index (χ4n) is 2.16. The average molecular weight is 302 g/mol. The minimum absolute atomic E-state index is 0.142. The third-order valence-electron chi connectivity index (χ3n) is 3.63. The van der Waals surface area contributed by atoms with Gasteiger partial charge in [-0.3, -0.25) is 4.79 Å². The average Bonchev–Trinajstić information content (AvgIpc) is 2.53. The highest BCUT2D eigenvalue weighted by Crippen LogP contribution is 2.16. The van der Waals surface area contributed by atoms with Gasteiger partial charge >= 0.3 is 0 Å². The zero-order valence-corrected chi connectivity index (χ0v) is 13.2. The Balaban J connectivity index is 1.92. The van der Waals surface area contributed by atoms with Gasteiger partial charge in [-0.2, -0.15) is 0 Å². The van der Waals surface area contributed by atoms with Gasteiger partial charge in [-0.1, -0.05) is 30.7 Å². The lowest BCUT2D eigenvalue weighted by atomic mass is 10.1. The Morgan fingerprint density at radius 2 is 1.67 bits per heavy atom. The number of Topliss-reactive ketones (excluding diaryl/α,β-unsaturated/α-hetero) is 1. The number of rotatable bonds is 6. The zero-order valence-electron chi connectivity index (χ0n) is 12.5. The molecule has 2 aromatic rings. The molecule has 0 aliphatic heterocycles. The van der Waals surface area contributed by atoms with Gasteiger partial charge in [-0.15, -0.1) is 0 Å². The number of halogens is 1. The van der Waals surface area contributed by atoms with Gasteiger partial charge in [0.25, 0.3) is 0 Å². The van der Waals surface area contributed by atoms with Gasteiger partial charge in [-0.05, 0) is 48.4 Å². The van der Waals surface area contributed by atoms with E-state index in [1.807, 2.05) is 7.05 Å². The maximum absolute atomic E-state index is 12.1. The molecular formula is C18H20ClNO. The number of hydrogen-bond acceptors (Lipinski definition) is 2. The molecule has 0 spiro atoms. The summed E-state index contributed by atoms with van der Waals surface area (Å²) in [6.45, 7) is 2.84. The van der Waals surface area contributed by atoms with Crippen molar-refractivity contribution in [3.05, 3.63) is 64.7 Å². The Bertz CT molecular complexity index is 590. The molecule has 0 saturated carbocycles. The molecule has 0 atom stereocenters. The van der Waals surface area contributed by atoms with Crippen molar-refractivity contribution in [2.24, 2.45) is 0 Å². The van der Waals surface area contributed by atoms with E-state index in [0.717, 1.165) is 12.1 Å². The number of nitrogens with zero attached hydrogens (tertiary/aromatic N) is 1. The lowest BCUT2D eigenvalue weighted by molar-refractivity contribution is 0.0985. The van der Waals surface area contributed by atoms with Crippen LogP contribution in [0.25, 0.3) is 0 Å². The largest absolute Gasteiger partial charge is 0.374 e. The van der Waals surface area contributed by atoms with Gasteiger partial charge in [0.1, 0.15) is 0 Å². The van der Waals surface area contributed by atoms with Crippen molar-refractivity contribution in [1.82, 2.24) is 0 Å². The first-order valence-corrected chi connectivity index (χ1v) is 7.57.